The molecule has 8 N–H and O–H groups in total. The number of ether oxygens (including phenoxy) is 2. The van der Waals surface area contributed by atoms with E-state index in [0.717, 1.165) is 64.2 Å². The third-order valence-corrected chi connectivity index (χ3v) is 12.1. The number of rotatable bonds is 40. The number of carbonyl (C=O) groups is 2. The van der Waals surface area contributed by atoms with Crippen LogP contribution in [0.1, 0.15) is 136 Å². The van der Waals surface area contributed by atoms with E-state index < -0.39 is 89.6 Å². The van der Waals surface area contributed by atoms with Gasteiger partial charge in [0.25, 0.3) is 0 Å². The maximum absolute atomic E-state index is 13.0. The summed E-state index contributed by atoms with van der Waals surface area (Å²) in [5.41, 5.74) is 0. The first-order valence-electron chi connectivity index (χ1n) is 25.2. The fourth-order valence-electron chi connectivity index (χ4n) is 6.71. The smallest absolute Gasteiger partial charge is 0.462 e. The molecule has 0 aromatic rings. The fraction of sp³-hybridized carbons (Fsp3) is 0.585. The van der Waals surface area contributed by atoms with Crippen LogP contribution >= 0.6 is 15.6 Å². The molecule has 9 atom stereocenters. The number of carbonyl (C=O) groups excluding carboxylic acids is 2. The topological polar surface area (TPSA) is 276 Å². The second-order valence-corrected chi connectivity index (χ2v) is 19.6. The Morgan fingerprint density at radius 1 is 0.528 bits per heavy atom. The van der Waals surface area contributed by atoms with Crippen LogP contribution in [-0.2, 0) is 41.8 Å². The molecule has 17 nitrogen and oxygen atoms in total. The molecule has 408 valence electrons. The molecule has 0 aromatic heterocycles. The summed E-state index contributed by atoms with van der Waals surface area (Å²) in [6.45, 7) is 2.78. The molecule has 0 spiro atoms. The van der Waals surface area contributed by atoms with Crippen molar-refractivity contribution in [3.8, 4) is 0 Å². The second kappa shape index (κ2) is 41.7. The van der Waals surface area contributed by atoms with Crippen molar-refractivity contribution >= 4 is 27.6 Å². The summed E-state index contributed by atoms with van der Waals surface area (Å²) in [4.78, 5) is 54.4. The largest absolute Gasteiger partial charge is 0.472 e. The average molecular weight is 1060 g/mol. The molecule has 0 saturated heterocycles. The zero-order chi connectivity index (χ0) is 53.3. The minimum Gasteiger partial charge on any atom is -0.462 e. The number of phosphoric acid groups is 2. The Bertz CT molecular complexity index is 1860. The molecular weight excluding hydrogens is 971 g/mol. The SMILES string of the molecule is CC/C=C\C/C=C\C/C=C\C/C=C\C=C/C(O)C/C=C\CCC(=O)OC[C@H](COP(=O)(O)O[C@H]1C(O)C(O)C(O)[C@@H](OP(=O)(O)O)C1O)OC(=O)CCCCC/C=C\C/C=C\C/C=C\C/C=C\CCCCC. The number of aliphatic hydroxyl groups is 5. The van der Waals surface area contributed by atoms with E-state index in [4.69, 9.17) is 18.5 Å². The maximum atomic E-state index is 13.0. The van der Waals surface area contributed by atoms with E-state index >= 15 is 0 Å². The molecule has 1 fully saturated rings. The van der Waals surface area contributed by atoms with Gasteiger partial charge >= 0.3 is 27.6 Å². The van der Waals surface area contributed by atoms with Crippen molar-refractivity contribution in [2.75, 3.05) is 13.2 Å². The highest BCUT2D eigenvalue weighted by atomic mass is 31.2. The van der Waals surface area contributed by atoms with Gasteiger partial charge in [-0.3, -0.25) is 23.2 Å². The summed E-state index contributed by atoms with van der Waals surface area (Å²) in [7, 11) is -10.8. The number of hydrogen-bond donors (Lipinski definition) is 8. The molecule has 72 heavy (non-hydrogen) atoms. The second-order valence-electron chi connectivity index (χ2n) is 17.0. The van der Waals surface area contributed by atoms with Crippen LogP contribution < -0.4 is 0 Å². The van der Waals surface area contributed by atoms with E-state index in [2.05, 4.69) is 103 Å². The highest BCUT2D eigenvalue weighted by Gasteiger charge is 2.54. The van der Waals surface area contributed by atoms with Crippen molar-refractivity contribution < 1.29 is 82.0 Å². The molecule has 1 aliphatic rings. The number of allylic oxidation sites excluding steroid dienone is 18. The Labute approximate surface area is 427 Å². The van der Waals surface area contributed by atoms with Crippen molar-refractivity contribution in [2.24, 2.45) is 0 Å². The van der Waals surface area contributed by atoms with E-state index in [1.54, 1.807) is 24.3 Å². The predicted molar refractivity (Wildman–Crippen MR) is 279 cm³/mol. The lowest BCUT2D eigenvalue weighted by molar-refractivity contribution is -0.216. The predicted octanol–water partition coefficient (Wildman–Crippen LogP) is 9.25. The molecule has 1 aliphatic carbocycles. The molecular formula is C53H84O17P2. The minimum absolute atomic E-state index is 0.0384. The van der Waals surface area contributed by atoms with Gasteiger partial charge in [-0.1, -0.05) is 155 Å². The van der Waals surface area contributed by atoms with Gasteiger partial charge in [0.05, 0.1) is 12.7 Å². The van der Waals surface area contributed by atoms with Crippen LogP contribution in [0.5, 0.6) is 0 Å². The molecule has 1 rings (SSSR count). The van der Waals surface area contributed by atoms with E-state index in [1.807, 2.05) is 12.2 Å². The maximum Gasteiger partial charge on any atom is 0.472 e. The van der Waals surface area contributed by atoms with Crippen molar-refractivity contribution in [3.63, 3.8) is 0 Å². The molecule has 0 bridgehead atoms. The Hall–Kier alpha value is -3.64. The van der Waals surface area contributed by atoms with Crippen LogP contribution in [0, 0.1) is 0 Å². The zero-order valence-corrected chi connectivity index (χ0v) is 44.0. The van der Waals surface area contributed by atoms with Crippen molar-refractivity contribution in [1.29, 1.82) is 0 Å². The molecule has 0 aliphatic heterocycles. The monoisotopic (exact) mass is 1050 g/mol. The lowest BCUT2D eigenvalue weighted by Crippen LogP contribution is -2.64. The van der Waals surface area contributed by atoms with Gasteiger partial charge in [-0.2, -0.15) is 0 Å². The summed E-state index contributed by atoms with van der Waals surface area (Å²) < 4.78 is 49.3. The fourth-order valence-corrected chi connectivity index (χ4v) is 8.24. The Balaban J connectivity index is 2.69. The van der Waals surface area contributed by atoms with Crippen LogP contribution in [0.25, 0.3) is 0 Å². The van der Waals surface area contributed by atoms with Gasteiger partial charge in [-0.05, 0) is 89.9 Å². The summed E-state index contributed by atoms with van der Waals surface area (Å²) in [6, 6.07) is 0. The Morgan fingerprint density at radius 3 is 1.60 bits per heavy atom. The Kier molecular flexibility index (Phi) is 38.4. The van der Waals surface area contributed by atoms with Gasteiger partial charge in [0.1, 0.15) is 43.2 Å². The molecule has 1 saturated carbocycles. The van der Waals surface area contributed by atoms with Crippen LogP contribution in [0.4, 0.5) is 0 Å². The summed E-state index contributed by atoms with van der Waals surface area (Å²) >= 11 is 0. The molecule has 6 unspecified atom stereocenters. The van der Waals surface area contributed by atoms with Crippen LogP contribution in [0.3, 0.4) is 0 Å². The number of unbranched alkanes of at least 4 members (excludes halogenated alkanes) is 6. The quantitative estimate of drug-likeness (QED) is 0.00933. The summed E-state index contributed by atoms with van der Waals surface area (Å²) in [6.07, 6.45) is 38.8. The first-order chi connectivity index (χ1) is 34.5. The molecule has 0 heterocycles. The lowest BCUT2D eigenvalue weighted by Gasteiger charge is -2.43. The number of esters is 2. The molecule has 0 aromatic carbocycles. The van der Waals surface area contributed by atoms with Gasteiger partial charge < -0.3 is 49.7 Å². The van der Waals surface area contributed by atoms with Gasteiger partial charge in [0, 0.05) is 12.8 Å². The first kappa shape index (κ1) is 66.4. The van der Waals surface area contributed by atoms with Crippen molar-refractivity contribution in [2.45, 2.75) is 185 Å². The standard InChI is InChI=1S/C53H84O17P2/c1-3-5-7-9-11-13-15-17-18-19-20-21-22-24-26-28-30-32-36-41-47(56)68-45(43-67-72(64,65)70-53-50(59)48(57)49(58)52(51(53)60)69-71(61,62)63)42-66-46(55)40-37-33-35-39-44(54)38-34-31-29-27-25-23-16-14-12-10-8-6-4-2/h6,8,11-14,17-18,20-21,23-26,29,31,33-35,38,44-45,48-54,57-60H,3-5,7,9-10,15-16,19,22,27-28,30,32,36-37,39-43H2,1-2H3,(H,64,65)(H2,61,62,63)/b8-6-,13-11-,14-12-,18-17-,21-20-,25-23-,26-24-,31-29-,35-33-,38-34-/t44?,45-,48?,49?,50?,51?,52-,53+/m1/s1. The van der Waals surface area contributed by atoms with Crippen LogP contribution in [0.2, 0.25) is 0 Å². The number of aliphatic hydroxyl groups excluding tert-OH is 5. The van der Waals surface area contributed by atoms with E-state index in [-0.39, 0.29) is 19.3 Å². The van der Waals surface area contributed by atoms with Gasteiger partial charge in [-0.15, -0.1) is 0 Å². The third-order valence-electron chi connectivity index (χ3n) is 10.6. The van der Waals surface area contributed by atoms with Crippen molar-refractivity contribution in [1.82, 2.24) is 0 Å². The van der Waals surface area contributed by atoms with Crippen LogP contribution in [0.15, 0.2) is 122 Å². The summed E-state index contributed by atoms with van der Waals surface area (Å²) in [5.74, 6) is -1.44. The average Bonchev–Trinajstić information content (AvgIpc) is 3.33. The minimum atomic E-state index is -5.40. The number of hydrogen-bond acceptors (Lipinski definition) is 14. The molecule has 0 radical (unpaired) electrons. The van der Waals surface area contributed by atoms with Crippen molar-refractivity contribution in [3.05, 3.63) is 122 Å². The normalized spacial score (nSPS) is 22.2. The van der Waals surface area contributed by atoms with Gasteiger partial charge in [0.2, 0.25) is 0 Å². The Morgan fingerprint density at radius 2 is 1.04 bits per heavy atom. The van der Waals surface area contributed by atoms with Crippen LogP contribution in [-0.4, -0.2) is 114 Å². The van der Waals surface area contributed by atoms with E-state index in [0.29, 0.717) is 19.3 Å². The highest BCUT2D eigenvalue weighted by Crippen LogP contribution is 2.49. The summed E-state index contributed by atoms with van der Waals surface area (Å²) in [5, 5.41) is 51.6. The zero-order valence-electron chi connectivity index (χ0n) is 42.2. The highest BCUT2D eigenvalue weighted by molar-refractivity contribution is 7.47. The molecule has 0 amide bonds. The van der Waals surface area contributed by atoms with Gasteiger partial charge in [-0.25, -0.2) is 9.13 Å². The van der Waals surface area contributed by atoms with Gasteiger partial charge in [0.15, 0.2) is 6.10 Å². The number of phosphoric ester groups is 2. The lowest BCUT2D eigenvalue weighted by atomic mass is 9.85. The third kappa shape index (κ3) is 35.5. The molecule has 19 heteroatoms. The van der Waals surface area contributed by atoms with E-state index in [9.17, 15) is 58.9 Å². The first-order valence-corrected chi connectivity index (χ1v) is 28.2. The van der Waals surface area contributed by atoms with E-state index in [1.165, 1.54) is 19.3 Å².